The first kappa shape index (κ1) is 14.1. The van der Waals surface area contributed by atoms with E-state index in [1.807, 2.05) is 6.20 Å². The molecule has 0 radical (unpaired) electrons. The minimum atomic E-state index is 0.0351. The molecule has 1 saturated carbocycles. The van der Waals surface area contributed by atoms with Gasteiger partial charge in [-0.1, -0.05) is 22.9 Å². The molecule has 110 valence electrons. The summed E-state index contributed by atoms with van der Waals surface area (Å²) in [5.41, 5.74) is 1.30. The fourth-order valence-corrected chi connectivity index (χ4v) is 3.71. The predicted octanol–water partition coefficient (Wildman–Crippen LogP) is 2.65. The van der Waals surface area contributed by atoms with Gasteiger partial charge in [0.15, 0.2) is 0 Å². The van der Waals surface area contributed by atoms with Gasteiger partial charge in [0.25, 0.3) is 5.56 Å². The molecule has 1 atom stereocenters. The Bertz CT molecular complexity index is 538. The number of halogens is 1. The molecule has 0 amide bonds. The molecule has 1 saturated heterocycles. The molecular formula is C15H22BrN3O. The lowest BCUT2D eigenvalue weighted by molar-refractivity contribution is 0.422. The molecular weight excluding hydrogens is 318 g/mol. The van der Waals surface area contributed by atoms with E-state index in [-0.39, 0.29) is 11.0 Å². The predicted molar refractivity (Wildman–Crippen MR) is 84.6 cm³/mol. The maximum Gasteiger partial charge on any atom is 0.268 e. The van der Waals surface area contributed by atoms with Crippen LogP contribution in [-0.2, 0) is 6.54 Å². The van der Waals surface area contributed by atoms with Crippen molar-refractivity contribution in [2.45, 2.75) is 39.2 Å². The second-order valence-electron chi connectivity index (χ2n) is 6.54. The smallest absolute Gasteiger partial charge is 0.268 e. The van der Waals surface area contributed by atoms with Gasteiger partial charge in [-0.15, -0.1) is 0 Å². The Balaban J connectivity index is 1.75. The second-order valence-corrected chi connectivity index (χ2v) is 7.10. The summed E-state index contributed by atoms with van der Waals surface area (Å²) in [7, 11) is 0. The van der Waals surface area contributed by atoms with Gasteiger partial charge in [0.2, 0.25) is 0 Å². The highest BCUT2D eigenvalue weighted by Crippen LogP contribution is 2.48. The zero-order valence-corrected chi connectivity index (χ0v) is 13.6. The number of aromatic nitrogens is 2. The Labute approximate surface area is 128 Å². The lowest BCUT2D eigenvalue weighted by atomic mass is 10.00. The zero-order valence-electron chi connectivity index (χ0n) is 12.0. The third-order valence-electron chi connectivity index (χ3n) is 4.60. The number of rotatable bonds is 4. The van der Waals surface area contributed by atoms with Gasteiger partial charge < -0.3 is 4.90 Å². The average molecular weight is 340 g/mol. The van der Waals surface area contributed by atoms with E-state index in [0.717, 1.165) is 30.7 Å². The van der Waals surface area contributed by atoms with Crippen molar-refractivity contribution in [2.75, 3.05) is 23.3 Å². The first-order valence-electron chi connectivity index (χ1n) is 7.50. The fourth-order valence-electron chi connectivity index (χ4n) is 2.97. The van der Waals surface area contributed by atoms with Crippen LogP contribution in [0.1, 0.15) is 32.6 Å². The Hall–Kier alpha value is -0.840. The van der Waals surface area contributed by atoms with E-state index in [4.69, 9.17) is 0 Å². The molecule has 2 heterocycles. The van der Waals surface area contributed by atoms with Crippen molar-refractivity contribution in [1.29, 1.82) is 0 Å². The topological polar surface area (TPSA) is 38.1 Å². The molecule has 3 rings (SSSR count). The molecule has 1 unspecified atom stereocenters. The van der Waals surface area contributed by atoms with Crippen LogP contribution in [0.15, 0.2) is 17.1 Å². The summed E-state index contributed by atoms with van der Waals surface area (Å²) >= 11 is 3.55. The van der Waals surface area contributed by atoms with Gasteiger partial charge in [-0.25, -0.2) is 4.68 Å². The van der Waals surface area contributed by atoms with E-state index in [2.05, 4.69) is 32.9 Å². The van der Waals surface area contributed by atoms with Gasteiger partial charge in [0.1, 0.15) is 0 Å². The van der Waals surface area contributed by atoms with Crippen LogP contribution in [0.2, 0.25) is 0 Å². The van der Waals surface area contributed by atoms with Crippen molar-refractivity contribution < 1.29 is 0 Å². The molecule has 1 aromatic rings. The Kier molecular flexibility index (Phi) is 3.89. The molecule has 1 aliphatic heterocycles. The zero-order chi connectivity index (χ0) is 14.2. The Morgan fingerprint density at radius 1 is 1.50 bits per heavy atom. The third kappa shape index (κ3) is 2.92. The first-order valence-corrected chi connectivity index (χ1v) is 8.62. The van der Waals surface area contributed by atoms with Gasteiger partial charge in [0, 0.05) is 24.5 Å². The van der Waals surface area contributed by atoms with Crippen LogP contribution in [0.4, 0.5) is 5.69 Å². The molecule has 2 aliphatic rings. The van der Waals surface area contributed by atoms with Crippen LogP contribution >= 0.6 is 15.9 Å². The van der Waals surface area contributed by atoms with E-state index in [0.29, 0.717) is 5.92 Å². The molecule has 0 N–H and O–H groups in total. The maximum atomic E-state index is 12.2. The van der Waals surface area contributed by atoms with Crippen LogP contribution < -0.4 is 10.5 Å². The van der Waals surface area contributed by atoms with Crippen molar-refractivity contribution in [3.05, 3.63) is 22.6 Å². The summed E-state index contributed by atoms with van der Waals surface area (Å²) < 4.78 is 1.63. The van der Waals surface area contributed by atoms with E-state index >= 15 is 0 Å². The molecule has 4 nitrogen and oxygen atoms in total. The monoisotopic (exact) mass is 339 g/mol. The molecule has 2 fully saturated rings. The summed E-state index contributed by atoms with van der Waals surface area (Å²) in [5.74, 6) is 0.703. The van der Waals surface area contributed by atoms with Crippen molar-refractivity contribution in [1.82, 2.24) is 9.78 Å². The van der Waals surface area contributed by atoms with Crippen LogP contribution in [0, 0.1) is 11.3 Å². The number of piperidine rings is 1. The largest absolute Gasteiger partial charge is 0.370 e. The number of anilines is 1. The normalized spacial score (nSPS) is 24.7. The maximum absolute atomic E-state index is 12.2. The standard InChI is InChI=1S/C15H22BrN3O/c1-12-3-2-6-18(9-12)13-7-14(20)19(17-8-13)11-15(10-16)4-5-15/h7-8,12H,2-6,9-11H2,1H3. The Morgan fingerprint density at radius 3 is 2.90 bits per heavy atom. The molecule has 0 aromatic carbocycles. The van der Waals surface area contributed by atoms with Crippen molar-refractivity contribution in [2.24, 2.45) is 11.3 Å². The van der Waals surface area contributed by atoms with Gasteiger partial charge >= 0.3 is 0 Å². The summed E-state index contributed by atoms with van der Waals surface area (Å²) in [4.78, 5) is 14.5. The molecule has 20 heavy (non-hydrogen) atoms. The van der Waals surface area contributed by atoms with E-state index in [1.54, 1.807) is 10.7 Å². The molecule has 0 spiro atoms. The van der Waals surface area contributed by atoms with Gasteiger partial charge in [0.05, 0.1) is 18.4 Å². The highest BCUT2D eigenvalue weighted by molar-refractivity contribution is 9.09. The number of nitrogens with zero attached hydrogens (tertiary/aromatic N) is 3. The van der Waals surface area contributed by atoms with Gasteiger partial charge in [-0.05, 0) is 37.0 Å². The van der Waals surface area contributed by atoms with Crippen LogP contribution in [0.3, 0.4) is 0 Å². The van der Waals surface area contributed by atoms with Crippen molar-refractivity contribution >= 4 is 21.6 Å². The van der Waals surface area contributed by atoms with Crippen molar-refractivity contribution in [3.63, 3.8) is 0 Å². The second kappa shape index (κ2) is 5.51. The summed E-state index contributed by atoms with van der Waals surface area (Å²) in [6, 6.07) is 1.76. The van der Waals surface area contributed by atoms with E-state index in [9.17, 15) is 4.79 Å². The van der Waals surface area contributed by atoms with E-state index in [1.165, 1.54) is 25.7 Å². The quantitative estimate of drug-likeness (QED) is 0.791. The Morgan fingerprint density at radius 2 is 2.30 bits per heavy atom. The minimum absolute atomic E-state index is 0.0351. The third-order valence-corrected chi connectivity index (χ3v) is 5.79. The molecule has 0 bridgehead atoms. The molecule has 5 heteroatoms. The van der Waals surface area contributed by atoms with E-state index < -0.39 is 0 Å². The molecule has 1 aromatic heterocycles. The number of hydrogen-bond donors (Lipinski definition) is 0. The lowest BCUT2D eigenvalue weighted by Gasteiger charge is -2.32. The average Bonchev–Trinajstić information content (AvgIpc) is 3.21. The van der Waals surface area contributed by atoms with Gasteiger partial charge in [-0.2, -0.15) is 5.10 Å². The van der Waals surface area contributed by atoms with Gasteiger partial charge in [-0.3, -0.25) is 4.79 Å². The minimum Gasteiger partial charge on any atom is -0.370 e. The summed E-state index contributed by atoms with van der Waals surface area (Å²) in [6.07, 6.45) is 6.74. The van der Waals surface area contributed by atoms with Crippen LogP contribution in [-0.4, -0.2) is 28.2 Å². The highest BCUT2D eigenvalue weighted by atomic mass is 79.9. The first-order chi connectivity index (χ1) is 9.62. The molecule has 1 aliphatic carbocycles. The summed E-state index contributed by atoms with van der Waals surface area (Å²) in [5, 5.41) is 5.35. The van der Waals surface area contributed by atoms with Crippen LogP contribution in [0.5, 0.6) is 0 Å². The van der Waals surface area contributed by atoms with Crippen molar-refractivity contribution in [3.8, 4) is 0 Å². The summed E-state index contributed by atoms with van der Waals surface area (Å²) in [6.45, 7) is 5.10. The highest BCUT2D eigenvalue weighted by Gasteiger charge is 2.42. The van der Waals surface area contributed by atoms with Crippen LogP contribution in [0.25, 0.3) is 0 Å². The SMILES string of the molecule is CC1CCCN(c2cnn(CC3(CBr)CC3)c(=O)c2)C1. The number of hydrogen-bond acceptors (Lipinski definition) is 3. The fraction of sp³-hybridized carbons (Fsp3) is 0.733. The number of alkyl halides is 1. The lowest BCUT2D eigenvalue weighted by Crippen LogP contribution is -2.36.